The lowest BCUT2D eigenvalue weighted by Gasteiger charge is -2.35. The summed E-state index contributed by atoms with van der Waals surface area (Å²) in [5, 5.41) is 4.91. The van der Waals surface area contributed by atoms with E-state index >= 15 is 0 Å². The number of likely N-dealkylation sites (N-methyl/N-ethyl adjacent to an activating group) is 2. The van der Waals surface area contributed by atoms with Crippen LogP contribution in [0.5, 0.6) is 0 Å². The van der Waals surface area contributed by atoms with Gasteiger partial charge in [-0.1, -0.05) is 0 Å². The quantitative estimate of drug-likeness (QED) is 0.326. The van der Waals surface area contributed by atoms with Gasteiger partial charge in [0.25, 0.3) is 5.91 Å². The van der Waals surface area contributed by atoms with E-state index in [9.17, 15) is 14.4 Å². The molecular formula is C22H30N8O3. The average Bonchev–Trinajstić information content (AvgIpc) is 2.80. The van der Waals surface area contributed by atoms with Crippen molar-refractivity contribution in [3.63, 3.8) is 0 Å². The SMILES string of the molecule is CN(CC=O)N[C@@H]1CCCN(c2cnc(C(N)=O)c(Nc3ccc(N(C)CC=O)cc3)n2)C1. The first-order chi connectivity index (χ1) is 15.9. The predicted octanol–water partition coefficient (Wildman–Crippen LogP) is 0.558. The molecule has 4 N–H and O–H groups in total. The summed E-state index contributed by atoms with van der Waals surface area (Å²) < 4.78 is 0. The summed E-state index contributed by atoms with van der Waals surface area (Å²) in [5.74, 6) is 0.240. The molecule has 1 aliphatic heterocycles. The van der Waals surface area contributed by atoms with Gasteiger partial charge in [0.1, 0.15) is 18.4 Å². The van der Waals surface area contributed by atoms with Gasteiger partial charge >= 0.3 is 0 Å². The van der Waals surface area contributed by atoms with Gasteiger partial charge in [-0.3, -0.25) is 10.2 Å². The summed E-state index contributed by atoms with van der Waals surface area (Å²) in [6.07, 6.45) is 5.17. The van der Waals surface area contributed by atoms with Crippen molar-refractivity contribution < 1.29 is 14.4 Å². The fraction of sp³-hybridized carbons (Fsp3) is 0.409. The maximum absolute atomic E-state index is 11.9. The Morgan fingerprint density at radius 3 is 2.61 bits per heavy atom. The van der Waals surface area contributed by atoms with Crippen molar-refractivity contribution in [1.82, 2.24) is 20.4 Å². The number of benzene rings is 1. The fourth-order valence-electron chi connectivity index (χ4n) is 3.72. The minimum atomic E-state index is -0.674. The van der Waals surface area contributed by atoms with Crippen LogP contribution in [0.15, 0.2) is 30.5 Å². The first-order valence-corrected chi connectivity index (χ1v) is 10.8. The molecular weight excluding hydrogens is 424 g/mol. The summed E-state index contributed by atoms with van der Waals surface area (Å²) in [6.45, 7) is 2.09. The van der Waals surface area contributed by atoms with Crippen LogP contribution >= 0.6 is 0 Å². The van der Waals surface area contributed by atoms with Crippen LogP contribution in [0.2, 0.25) is 0 Å². The molecule has 2 aromatic rings. The molecule has 1 aromatic heterocycles. The van der Waals surface area contributed by atoms with Crippen molar-refractivity contribution in [2.24, 2.45) is 5.73 Å². The third-order valence-electron chi connectivity index (χ3n) is 5.41. The highest BCUT2D eigenvalue weighted by atomic mass is 16.1. The molecule has 1 aromatic carbocycles. The highest BCUT2D eigenvalue weighted by molar-refractivity contribution is 5.96. The molecule has 0 spiro atoms. The lowest BCUT2D eigenvalue weighted by molar-refractivity contribution is -0.109. The summed E-state index contributed by atoms with van der Waals surface area (Å²) in [7, 11) is 3.66. The maximum atomic E-state index is 11.9. The molecule has 0 saturated carbocycles. The van der Waals surface area contributed by atoms with Gasteiger partial charge in [0, 0.05) is 44.6 Å². The molecule has 1 amide bonds. The van der Waals surface area contributed by atoms with Gasteiger partial charge in [0.2, 0.25) is 0 Å². The summed E-state index contributed by atoms with van der Waals surface area (Å²) in [6, 6.07) is 7.56. The molecule has 1 atom stereocenters. The van der Waals surface area contributed by atoms with E-state index < -0.39 is 5.91 Å². The monoisotopic (exact) mass is 454 g/mol. The summed E-state index contributed by atoms with van der Waals surface area (Å²) >= 11 is 0. The van der Waals surface area contributed by atoms with Crippen molar-refractivity contribution >= 4 is 41.5 Å². The van der Waals surface area contributed by atoms with Crippen molar-refractivity contribution in [3.8, 4) is 0 Å². The van der Waals surface area contributed by atoms with Crippen LogP contribution in [0.1, 0.15) is 23.3 Å². The highest BCUT2D eigenvalue weighted by Gasteiger charge is 2.23. The second kappa shape index (κ2) is 11.3. The highest BCUT2D eigenvalue weighted by Crippen LogP contribution is 2.24. The number of carbonyl (C=O) groups is 3. The van der Waals surface area contributed by atoms with Crippen molar-refractivity contribution in [3.05, 3.63) is 36.2 Å². The van der Waals surface area contributed by atoms with Crippen LogP contribution in [-0.2, 0) is 9.59 Å². The maximum Gasteiger partial charge on any atom is 0.271 e. The number of amides is 1. The molecule has 176 valence electrons. The second-order valence-corrected chi connectivity index (χ2v) is 7.97. The minimum absolute atomic E-state index is 0.0540. The van der Waals surface area contributed by atoms with Gasteiger partial charge in [-0.25, -0.2) is 15.0 Å². The molecule has 0 bridgehead atoms. The number of hydrogen-bond acceptors (Lipinski definition) is 10. The molecule has 1 saturated heterocycles. The van der Waals surface area contributed by atoms with E-state index in [4.69, 9.17) is 5.73 Å². The normalized spacial score (nSPS) is 15.8. The number of rotatable bonds is 11. The number of primary amides is 1. The van der Waals surface area contributed by atoms with Crippen LogP contribution < -0.4 is 26.3 Å². The van der Waals surface area contributed by atoms with Gasteiger partial charge in [-0.05, 0) is 37.1 Å². The largest absolute Gasteiger partial charge is 0.368 e. The Morgan fingerprint density at radius 1 is 1.21 bits per heavy atom. The zero-order valence-electron chi connectivity index (χ0n) is 18.9. The van der Waals surface area contributed by atoms with E-state index in [1.165, 1.54) is 0 Å². The number of nitrogens with zero attached hydrogens (tertiary/aromatic N) is 5. The Balaban J connectivity index is 1.77. The molecule has 0 unspecified atom stereocenters. The molecule has 11 heteroatoms. The standard InChI is InChI=1S/C22H30N8O3/c1-28(10-12-31)18-7-5-16(6-8-18)25-22-20(21(23)33)24-14-19(26-22)30-9-3-4-17(15-30)27-29(2)11-13-32/h5-8,12-14,17,27H,3-4,9-11,15H2,1-2H3,(H2,23,33)(H,25,26)/t17-/m1/s1. The van der Waals surface area contributed by atoms with Crippen LogP contribution in [0.3, 0.4) is 0 Å². The molecule has 0 aliphatic carbocycles. The molecule has 33 heavy (non-hydrogen) atoms. The average molecular weight is 455 g/mol. The Labute approximate surface area is 192 Å². The number of nitrogens with two attached hydrogens (primary N) is 1. The third-order valence-corrected chi connectivity index (χ3v) is 5.41. The fourth-order valence-corrected chi connectivity index (χ4v) is 3.72. The van der Waals surface area contributed by atoms with Gasteiger partial charge < -0.3 is 30.4 Å². The zero-order chi connectivity index (χ0) is 23.8. The number of anilines is 4. The second-order valence-electron chi connectivity index (χ2n) is 7.97. The first-order valence-electron chi connectivity index (χ1n) is 10.8. The van der Waals surface area contributed by atoms with E-state index in [1.54, 1.807) is 11.2 Å². The molecule has 11 nitrogen and oxygen atoms in total. The van der Waals surface area contributed by atoms with Crippen LogP contribution in [0.4, 0.5) is 23.0 Å². The third kappa shape index (κ3) is 6.46. The number of hydrogen-bond donors (Lipinski definition) is 3. The van der Waals surface area contributed by atoms with Gasteiger partial charge in [0.05, 0.1) is 19.3 Å². The minimum Gasteiger partial charge on any atom is -0.368 e. The Kier molecular flexibility index (Phi) is 8.28. The van der Waals surface area contributed by atoms with E-state index in [2.05, 4.69) is 25.6 Å². The summed E-state index contributed by atoms with van der Waals surface area (Å²) in [4.78, 5) is 46.2. The number of carbonyl (C=O) groups excluding carboxylic acids is 3. The smallest absolute Gasteiger partial charge is 0.271 e. The van der Waals surface area contributed by atoms with Crippen molar-refractivity contribution in [1.29, 1.82) is 0 Å². The number of nitrogens with one attached hydrogen (secondary N) is 2. The van der Waals surface area contributed by atoms with Gasteiger partial charge in [-0.2, -0.15) is 0 Å². The Bertz CT molecular complexity index is 969. The van der Waals surface area contributed by atoms with Gasteiger partial charge in [-0.15, -0.1) is 0 Å². The molecule has 3 rings (SSSR count). The molecule has 0 radical (unpaired) electrons. The Hall–Kier alpha value is -3.57. The lowest BCUT2D eigenvalue weighted by atomic mass is 10.1. The Morgan fingerprint density at radius 2 is 1.94 bits per heavy atom. The number of aldehydes is 2. The predicted molar refractivity (Wildman–Crippen MR) is 127 cm³/mol. The van der Waals surface area contributed by atoms with Crippen molar-refractivity contribution in [2.45, 2.75) is 18.9 Å². The van der Waals surface area contributed by atoms with E-state index in [0.29, 0.717) is 31.1 Å². The van der Waals surface area contributed by atoms with Gasteiger partial charge in [0.15, 0.2) is 11.5 Å². The molecule has 1 fully saturated rings. The van der Waals surface area contributed by atoms with E-state index in [-0.39, 0.29) is 17.6 Å². The van der Waals surface area contributed by atoms with Crippen LogP contribution in [-0.4, -0.2) is 79.8 Å². The topological polar surface area (TPSA) is 137 Å². The zero-order valence-corrected chi connectivity index (χ0v) is 18.9. The number of aromatic nitrogens is 2. The summed E-state index contributed by atoms with van der Waals surface area (Å²) in [5.41, 5.74) is 10.5. The molecule has 2 heterocycles. The van der Waals surface area contributed by atoms with Crippen LogP contribution in [0.25, 0.3) is 0 Å². The lowest BCUT2D eigenvalue weighted by Crippen LogP contribution is -2.51. The van der Waals surface area contributed by atoms with Crippen molar-refractivity contribution in [2.75, 3.05) is 55.4 Å². The number of hydrazine groups is 1. The first kappa shape index (κ1) is 24.1. The van der Waals surface area contributed by atoms with E-state index in [1.807, 2.05) is 43.3 Å². The molecule has 1 aliphatic rings. The number of piperidine rings is 1. The van der Waals surface area contributed by atoms with E-state index in [0.717, 1.165) is 37.6 Å². The van der Waals surface area contributed by atoms with Crippen LogP contribution in [0, 0.1) is 0 Å².